The summed E-state index contributed by atoms with van der Waals surface area (Å²) in [6.07, 6.45) is 0. The molecule has 4 N–H and O–H groups in total. The minimum atomic E-state index is -0.286. The zero-order chi connectivity index (χ0) is 55.9. The second kappa shape index (κ2) is 74.9. The Bertz CT molecular complexity index is 1530. The van der Waals surface area contributed by atoms with Crippen LogP contribution >= 0.6 is 18.4 Å². The van der Waals surface area contributed by atoms with Crippen molar-refractivity contribution in [3.63, 3.8) is 0 Å². The molecule has 0 aliphatic heterocycles. The Morgan fingerprint density at radius 3 is 0.588 bits per heavy atom. The normalized spacial score (nSPS) is 7.97. The molecule has 0 aliphatic rings. The Labute approximate surface area is 412 Å². The lowest BCUT2D eigenvalue weighted by atomic mass is 10.3. The fourth-order valence-corrected chi connectivity index (χ4v) is 2.16. The van der Waals surface area contributed by atoms with Crippen molar-refractivity contribution in [2.45, 2.75) is 55.9 Å². The van der Waals surface area contributed by atoms with E-state index in [1.165, 1.54) is 84.0 Å². The average molecular weight is 1010 g/mol. The summed E-state index contributed by atoms with van der Waals surface area (Å²) in [6, 6.07) is 35.4. The molecule has 0 bridgehead atoms. The Kier molecular flexibility index (Phi) is 86.7. The quantitative estimate of drug-likeness (QED) is 0.0647. The first-order chi connectivity index (χ1) is 32.5. The second-order valence-corrected chi connectivity index (χ2v) is 9.96. The number of esters is 7. The van der Waals surface area contributed by atoms with Crippen molar-refractivity contribution < 1.29 is 87.1 Å². The number of para-hydroxylation sites is 4. The van der Waals surface area contributed by atoms with Gasteiger partial charge in [-0.2, -0.15) is 0 Å². The molecule has 0 spiro atoms. The summed E-state index contributed by atoms with van der Waals surface area (Å²) in [7, 11) is 9.41. The van der Waals surface area contributed by atoms with E-state index in [4.69, 9.17) is 32.5 Å². The lowest BCUT2D eigenvalue weighted by Gasteiger charge is -1.97. The molecule has 0 heterocycles. The number of aliphatic hydroxyl groups is 2. The molecule has 0 aliphatic carbocycles. The number of hydrogen-bond acceptors (Lipinski definition) is 18. The molecular formula is C48H80O18P2. The van der Waals surface area contributed by atoms with Crippen LogP contribution in [0.5, 0.6) is 23.0 Å². The Balaban J connectivity index is -0.0000000714. The Morgan fingerprint density at radius 1 is 0.368 bits per heavy atom. The van der Waals surface area contributed by atoms with E-state index in [0.29, 0.717) is 41.4 Å². The summed E-state index contributed by atoms with van der Waals surface area (Å²) in [4.78, 5) is 68.7. The van der Waals surface area contributed by atoms with Crippen molar-refractivity contribution in [1.82, 2.24) is 0 Å². The van der Waals surface area contributed by atoms with Crippen LogP contribution in [-0.2, 0) is 57.2 Å². The smallest absolute Gasteiger partial charge is 0.308 e. The van der Waals surface area contributed by atoms with Crippen molar-refractivity contribution in [3.8, 4) is 23.0 Å². The molecule has 4 aromatic carbocycles. The number of carbonyl (C=O) groups is 7. The highest BCUT2D eigenvalue weighted by Gasteiger charge is 1.94. The molecule has 390 valence electrons. The standard InChI is InChI=1S/2C8H8O2.2C6H6O.5C3H6O2.2CH4O.2CH5P.CH4/c2*1-7(9)10-8-5-3-2-4-6-8;2*7-6-4-2-1-3-5-6;5*1-3(4)5-2;4*1-2;/h2*2-6H,1H3;2*1-5,7H;5*1-2H3;2*2H,1H3;2*2H2,1H3;1H4/i;;;;;;;;;;;2*2D;. The van der Waals surface area contributed by atoms with Crippen molar-refractivity contribution in [3.05, 3.63) is 121 Å². The van der Waals surface area contributed by atoms with Gasteiger partial charge in [0.1, 0.15) is 23.0 Å². The fourth-order valence-electron chi connectivity index (χ4n) is 2.16. The molecule has 0 saturated heterocycles. The molecule has 0 aromatic heterocycles. The topological polar surface area (TPSA) is 265 Å². The van der Waals surface area contributed by atoms with Gasteiger partial charge < -0.3 is 53.6 Å². The lowest BCUT2D eigenvalue weighted by Crippen LogP contribution is -2.00. The number of benzene rings is 4. The third-order valence-corrected chi connectivity index (χ3v) is 4.96. The van der Waals surface area contributed by atoms with Gasteiger partial charge in [-0.25, -0.2) is 0 Å². The van der Waals surface area contributed by atoms with Crippen molar-refractivity contribution in [1.29, 1.82) is 2.56 Å². The first-order valence-corrected chi connectivity index (χ1v) is 20.8. The van der Waals surface area contributed by atoms with E-state index in [1.807, 2.05) is 61.9 Å². The largest absolute Gasteiger partial charge is 0.508 e. The third kappa shape index (κ3) is 108. The summed E-state index contributed by atoms with van der Waals surface area (Å²) >= 11 is 0. The maximum Gasteiger partial charge on any atom is 0.308 e. The lowest BCUT2D eigenvalue weighted by molar-refractivity contribution is -0.138. The van der Waals surface area contributed by atoms with E-state index in [2.05, 4.69) is 23.7 Å². The number of hydrogen-bond donors (Lipinski definition) is 4. The van der Waals surface area contributed by atoms with E-state index in [9.17, 15) is 33.6 Å². The molecule has 4 aromatic rings. The van der Waals surface area contributed by atoms with Gasteiger partial charge in [0.15, 0.2) is 0 Å². The van der Waals surface area contributed by atoms with E-state index in [0.717, 1.165) is 14.2 Å². The maximum atomic E-state index is 10.4. The molecule has 0 saturated carbocycles. The summed E-state index contributed by atoms with van der Waals surface area (Å²) in [5.74, 6) is 0.0300. The number of phenols is 2. The Morgan fingerprint density at radius 2 is 0.500 bits per heavy atom. The zero-order valence-electron chi connectivity index (χ0n) is 43.6. The van der Waals surface area contributed by atoms with E-state index in [1.54, 1.807) is 72.8 Å². The SMILES string of the molecule is C.CC(=O)Oc1ccccc1.CC(=O)Oc1ccccc1.CO.CO.COC(C)=O.COC(C)=O.COC(C)=O.COC(C)=O.COC(C)=O.Oc1ccccc1.Oc1ccccc1.[2H]PC.[2H]PC. The van der Waals surface area contributed by atoms with Crippen molar-refractivity contribution in [2.24, 2.45) is 0 Å². The van der Waals surface area contributed by atoms with Crippen LogP contribution in [0.1, 0.15) is 55.9 Å². The van der Waals surface area contributed by atoms with Gasteiger partial charge in [0.05, 0.1) is 38.1 Å². The van der Waals surface area contributed by atoms with Crippen molar-refractivity contribution in [2.75, 3.05) is 63.1 Å². The van der Waals surface area contributed by atoms with Crippen LogP contribution < -0.4 is 9.47 Å². The molecular weight excluding hydrogens is 926 g/mol. The molecule has 18 nitrogen and oxygen atoms in total. The fraction of sp³-hybridized carbons (Fsp3) is 0.354. The Hall–Kier alpha value is -6.45. The van der Waals surface area contributed by atoms with E-state index >= 15 is 0 Å². The van der Waals surface area contributed by atoms with E-state index in [-0.39, 0.29) is 49.2 Å². The summed E-state index contributed by atoms with van der Waals surface area (Å²) in [5.41, 5.74) is 0. The number of aromatic hydroxyl groups is 2. The van der Waals surface area contributed by atoms with Gasteiger partial charge in [-0.3, -0.25) is 33.6 Å². The van der Waals surface area contributed by atoms with Gasteiger partial charge in [-0.05, 0) is 48.5 Å². The molecule has 68 heavy (non-hydrogen) atoms. The third-order valence-electron chi connectivity index (χ3n) is 4.96. The van der Waals surface area contributed by atoms with Gasteiger partial charge in [0.25, 0.3) is 0 Å². The predicted molar refractivity (Wildman–Crippen MR) is 274 cm³/mol. The summed E-state index contributed by atoms with van der Waals surface area (Å²) in [6.45, 7) is 13.2. The molecule has 0 amide bonds. The molecule has 0 radical (unpaired) electrons. The van der Waals surface area contributed by atoms with Crippen molar-refractivity contribution >= 4 is 60.2 Å². The first kappa shape index (κ1) is 78.7. The van der Waals surface area contributed by atoms with Crippen LogP contribution in [0.15, 0.2) is 121 Å². The first-order valence-electron chi connectivity index (χ1n) is 19.8. The molecule has 4 rings (SSSR count). The summed E-state index contributed by atoms with van der Waals surface area (Å²) < 4.78 is 42.6. The van der Waals surface area contributed by atoms with Gasteiger partial charge in [-0.1, -0.05) is 93.6 Å². The second-order valence-electron chi connectivity index (χ2n) is 9.96. The number of carbonyl (C=O) groups excluding carboxylic acids is 7. The highest BCUT2D eigenvalue weighted by Crippen LogP contribution is 2.08. The number of rotatable bonds is 2. The average Bonchev–Trinajstić information content (AvgIpc) is 3.33. The molecule has 20 heteroatoms. The van der Waals surface area contributed by atoms with Gasteiger partial charge in [-0.15, -0.1) is 18.4 Å². The van der Waals surface area contributed by atoms with Crippen LogP contribution in [0.4, 0.5) is 0 Å². The van der Waals surface area contributed by atoms with Gasteiger partial charge in [0, 0.05) is 62.7 Å². The molecule has 2 atom stereocenters. The predicted octanol–water partition coefficient (Wildman–Crippen LogP) is 7.74. The number of phenolic OH excluding ortho intramolecular Hbond substituents is 2. The number of methoxy groups -OCH3 is 5. The molecule has 2 unspecified atom stereocenters. The van der Waals surface area contributed by atoms with Crippen LogP contribution in [-0.4, -0.2) is 128 Å². The van der Waals surface area contributed by atoms with E-state index < -0.39 is 0 Å². The van der Waals surface area contributed by atoms with Crippen LogP contribution in [0.25, 0.3) is 0 Å². The van der Waals surface area contributed by atoms with Gasteiger partial charge in [0.2, 0.25) is 0 Å². The zero-order valence-corrected chi connectivity index (χ0v) is 43.6. The monoisotopic (exact) mass is 1010 g/mol. The van der Waals surface area contributed by atoms with Crippen LogP contribution in [0, 0.1) is 0 Å². The minimum absolute atomic E-state index is 0. The highest BCUT2D eigenvalue weighted by molar-refractivity contribution is 7.15. The van der Waals surface area contributed by atoms with Crippen LogP contribution in [0.3, 0.4) is 0 Å². The maximum absolute atomic E-state index is 10.4. The number of ether oxygens (including phenoxy) is 7. The summed E-state index contributed by atoms with van der Waals surface area (Å²) in [5, 5.41) is 31.3. The van der Waals surface area contributed by atoms with Gasteiger partial charge >= 0.3 is 41.8 Å². The van der Waals surface area contributed by atoms with Crippen LogP contribution in [0.2, 0.25) is 0 Å². The highest BCUT2D eigenvalue weighted by atomic mass is 31.0. The minimum Gasteiger partial charge on any atom is -0.508 e. The molecule has 0 fully saturated rings. The number of aliphatic hydroxyl groups excluding tert-OH is 2.